The van der Waals surface area contributed by atoms with Gasteiger partial charge in [-0.1, -0.05) is 0 Å². The van der Waals surface area contributed by atoms with Crippen molar-refractivity contribution in [2.24, 2.45) is 0 Å². The monoisotopic (exact) mass is 251 g/mol. The number of anilines is 1. The van der Waals surface area contributed by atoms with Gasteiger partial charge >= 0.3 is 0 Å². The Morgan fingerprint density at radius 1 is 1.61 bits per heavy atom. The number of pyridine rings is 1. The molecule has 0 spiro atoms. The van der Waals surface area contributed by atoms with E-state index in [9.17, 15) is 9.59 Å². The number of aromatic nitrogens is 1. The average molecular weight is 251 g/mol. The number of rotatable bonds is 3. The Bertz CT molecular complexity index is 478. The van der Waals surface area contributed by atoms with Crippen LogP contribution in [0.2, 0.25) is 0 Å². The standard InChI is InChI=1S/C12H17N3O3/c1-2-15-7-9(3-4-11(15)16)14-12(17)10-8-18-6-5-13-10/h3-4,7,10,13H,2,5-6,8H2,1H3,(H,14,17). The number of hydrogen-bond donors (Lipinski definition) is 2. The average Bonchev–Trinajstić information content (AvgIpc) is 2.42. The van der Waals surface area contributed by atoms with Gasteiger partial charge in [-0.3, -0.25) is 9.59 Å². The molecule has 18 heavy (non-hydrogen) atoms. The van der Waals surface area contributed by atoms with E-state index in [-0.39, 0.29) is 17.5 Å². The van der Waals surface area contributed by atoms with Crippen molar-refractivity contribution in [1.82, 2.24) is 9.88 Å². The molecule has 0 aromatic carbocycles. The summed E-state index contributed by atoms with van der Waals surface area (Å²) in [6.07, 6.45) is 1.64. The van der Waals surface area contributed by atoms with Gasteiger partial charge < -0.3 is 19.9 Å². The quantitative estimate of drug-likeness (QED) is 0.780. The number of ether oxygens (including phenoxy) is 1. The molecule has 0 bridgehead atoms. The molecular formula is C12H17N3O3. The molecule has 1 amide bonds. The predicted molar refractivity (Wildman–Crippen MR) is 67.6 cm³/mol. The first-order valence-corrected chi connectivity index (χ1v) is 6.03. The van der Waals surface area contributed by atoms with Crippen molar-refractivity contribution in [1.29, 1.82) is 0 Å². The zero-order valence-corrected chi connectivity index (χ0v) is 10.3. The van der Waals surface area contributed by atoms with Crippen LogP contribution in [0.3, 0.4) is 0 Å². The maximum absolute atomic E-state index is 11.9. The maximum atomic E-state index is 11.9. The van der Waals surface area contributed by atoms with Crippen molar-refractivity contribution in [2.45, 2.75) is 19.5 Å². The second-order valence-corrected chi connectivity index (χ2v) is 4.11. The van der Waals surface area contributed by atoms with E-state index in [1.54, 1.807) is 16.8 Å². The van der Waals surface area contributed by atoms with Crippen molar-refractivity contribution in [3.8, 4) is 0 Å². The van der Waals surface area contributed by atoms with Gasteiger partial charge in [0.05, 0.1) is 18.9 Å². The van der Waals surface area contributed by atoms with Gasteiger partial charge in [0.1, 0.15) is 6.04 Å². The second kappa shape index (κ2) is 5.79. The molecule has 1 atom stereocenters. The zero-order chi connectivity index (χ0) is 13.0. The molecule has 6 heteroatoms. The van der Waals surface area contributed by atoms with Gasteiger partial charge in [-0.2, -0.15) is 0 Å². The Balaban J connectivity index is 2.04. The highest BCUT2D eigenvalue weighted by Crippen LogP contribution is 2.05. The van der Waals surface area contributed by atoms with Crippen LogP contribution in [-0.2, 0) is 16.1 Å². The summed E-state index contributed by atoms with van der Waals surface area (Å²) in [4.78, 5) is 23.3. The summed E-state index contributed by atoms with van der Waals surface area (Å²) in [5.41, 5.74) is 0.545. The van der Waals surface area contributed by atoms with Crippen LogP contribution in [0.25, 0.3) is 0 Å². The molecule has 2 N–H and O–H groups in total. The van der Waals surface area contributed by atoms with Gasteiger partial charge in [-0.15, -0.1) is 0 Å². The third-order valence-corrected chi connectivity index (χ3v) is 2.83. The molecule has 1 unspecified atom stereocenters. The zero-order valence-electron chi connectivity index (χ0n) is 10.3. The fraction of sp³-hybridized carbons (Fsp3) is 0.500. The van der Waals surface area contributed by atoms with Crippen molar-refractivity contribution >= 4 is 11.6 Å². The number of aryl methyl sites for hydroxylation is 1. The minimum absolute atomic E-state index is 0.0744. The van der Waals surface area contributed by atoms with E-state index in [1.807, 2.05) is 6.92 Å². The molecule has 1 aromatic heterocycles. The summed E-state index contributed by atoms with van der Waals surface area (Å²) in [5.74, 6) is -0.143. The Kier molecular flexibility index (Phi) is 4.11. The first-order valence-electron chi connectivity index (χ1n) is 6.03. The van der Waals surface area contributed by atoms with Gasteiger partial charge in [-0.05, 0) is 13.0 Å². The second-order valence-electron chi connectivity index (χ2n) is 4.11. The third kappa shape index (κ3) is 2.96. The molecule has 1 aliphatic heterocycles. The maximum Gasteiger partial charge on any atom is 0.250 e. The summed E-state index contributed by atoms with van der Waals surface area (Å²) >= 11 is 0. The number of carbonyl (C=O) groups excluding carboxylic acids is 1. The minimum Gasteiger partial charge on any atom is -0.378 e. The molecule has 1 saturated heterocycles. The summed E-state index contributed by atoms with van der Waals surface area (Å²) in [5, 5.41) is 5.85. The lowest BCUT2D eigenvalue weighted by atomic mass is 10.2. The summed E-state index contributed by atoms with van der Waals surface area (Å²) < 4.78 is 6.77. The van der Waals surface area contributed by atoms with E-state index in [1.165, 1.54) is 6.07 Å². The van der Waals surface area contributed by atoms with Crippen molar-refractivity contribution in [2.75, 3.05) is 25.1 Å². The smallest absolute Gasteiger partial charge is 0.250 e. The Labute approximate surface area is 105 Å². The highest BCUT2D eigenvalue weighted by molar-refractivity contribution is 5.94. The lowest BCUT2D eigenvalue weighted by Gasteiger charge is -2.22. The molecular weight excluding hydrogens is 234 g/mol. The van der Waals surface area contributed by atoms with Crippen LogP contribution in [0.1, 0.15) is 6.92 Å². The largest absolute Gasteiger partial charge is 0.378 e. The SMILES string of the molecule is CCn1cc(NC(=O)C2COCCN2)ccc1=O. The van der Waals surface area contributed by atoms with E-state index in [0.717, 1.165) is 0 Å². The van der Waals surface area contributed by atoms with E-state index < -0.39 is 0 Å². The predicted octanol–water partition coefficient (Wildman–Crippen LogP) is -0.205. The van der Waals surface area contributed by atoms with Crippen LogP contribution < -0.4 is 16.2 Å². The van der Waals surface area contributed by atoms with Crippen LogP contribution in [0.15, 0.2) is 23.1 Å². The first-order chi connectivity index (χ1) is 8.70. The molecule has 1 aliphatic rings. The van der Waals surface area contributed by atoms with Crippen molar-refractivity contribution in [3.05, 3.63) is 28.7 Å². The van der Waals surface area contributed by atoms with E-state index >= 15 is 0 Å². The topological polar surface area (TPSA) is 72.4 Å². The van der Waals surface area contributed by atoms with Gasteiger partial charge in [0.2, 0.25) is 5.91 Å². The first kappa shape index (κ1) is 12.8. The normalized spacial score (nSPS) is 19.5. The Morgan fingerprint density at radius 3 is 3.11 bits per heavy atom. The van der Waals surface area contributed by atoms with Crippen LogP contribution in [0.5, 0.6) is 0 Å². The lowest BCUT2D eigenvalue weighted by Crippen LogP contribution is -2.48. The van der Waals surface area contributed by atoms with Gasteiger partial charge in [0.25, 0.3) is 5.56 Å². The molecule has 2 rings (SSSR count). The van der Waals surface area contributed by atoms with E-state index in [0.29, 0.717) is 32.0 Å². The molecule has 0 radical (unpaired) electrons. The van der Waals surface area contributed by atoms with Crippen LogP contribution >= 0.6 is 0 Å². The molecule has 98 valence electrons. The Hall–Kier alpha value is -1.66. The molecule has 1 fully saturated rings. The molecule has 1 aromatic rings. The molecule has 0 saturated carbocycles. The summed E-state index contributed by atoms with van der Waals surface area (Å²) in [6.45, 7) is 4.13. The van der Waals surface area contributed by atoms with Crippen LogP contribution in [-0.4, -0.2) is 36.3 Å². The van der Waals surface area contributed by atoms with Gasteiger partial charge in [0, 0.05) is 25.4 Å². The fourth-order valence-electron chi connectivity index (χ4n) is 1.82. The minimum atomic E-state index is -0.333. The summed E-state index contributed by atoms with van der Waals surface area (Å²) in [7, 11) is 0. The number of nitrogens with one attached hydrogen (secondary N) is 2. The van der Waals surface area contributed by atoms with Crippen molar-refractivity contribution < 1.29 is 9.53 Å². The third-order valence-electron chi connectivity index (χ3n) is 2.83. The van der Waals surface area contributed by atoms with Crippen molar-refractivity contribution in [3.63, 3.8) is 0 Å². The van der Waals surface area contributed by atoms with Gasteiger partial charge in [0.15, 0.2) is 0 Å². The van der Waals surface area contributed by atoms with Gasteiger partial charge in [-0.25, -0.2) is 0 Å². The number of hydrogen-bond acceptors (Lipinski definition) is 4. The van der Waals surface area contributed by atoms with E-state index in [4.69, 9.17) is 4.74 Å². The number of nitrogens with zero attached hydrogens (tertiary/aromatic N) is 1. The van der Waals surface area contributed by atoms with Crippen LogP contribution in [0, 0.1) is 0 Å². The Morgan fingerprint density at radius 2 is 2.44 bits per heavy atom. The number of amides is 1. The highest BCUT2D eigenvalue weighted by atomic mass is 16.5. The fourth-order valence-corrected chi connectivity index (χ4v) is 1.82. The van der Waals surface area contributed by atoms with Crippen LogP contribution in [0.4, 0.5) is 5.69 Å². The summed E-state index contributed by atoms with van der Waals surface area (Å²) in [6, 6.07) is 2.72. The molecule has 0 aliphatic carbocycles. The highest BCUT2D eigenvalue weighted by Gasteiger charge is 2.21. The molecule has 2 heterocycles. The molecule has 6 nitrogen and oxygen atoms in total. The lowest BCUT2D eigenvalue weighted by molar-refractivity contribution is -0.120. The van der Waals surface area contributed by atoms with E-state index in [2.05, 4.69) is 10.6 Å². The number of morpholine rings is 1. The number of carbonyl (C=O) groups is 1.